The van der Waals surface area contributed by atoms with Crippen LogP contribution in [-0.2, 0) is 4.74 Å². The van der Waals surface area contributed by atoms with Crippen LogP contribution in [0.5, 0.6) is 0 Å². The van der Waals surface area contributed by atoms with Crippen molar-refractivity contribution >= 4 is 39.1 Å². The third-order valence-electron chi connectivity index (χ3n) is 1.38. The van der Waals surface area contributed by atoms with Crippen LogP contribution in [0.1, 0.15) is 0 Å². The van der Waals surface area contributed by atoms with Gasteiger partial charge in [-0.15, -0.1) is 23.2 Å². The summed E-state index contributed by atoms with van der Waals surface area (Å²) in [6.45, 7) is 1.40. The molecule has 0 aromatic carbocycles. The molecule has 1 fully saturated rings. The molecule has 2 atom stereocenters. The molecule has 0 N–H and O–H groups in total. The van der Waals surface area contributed by atoms with Crippen molar-refractivity contribution in [2.75, 3.05) is 13.2 Å². The fourth-order valence-corrected chi connectivity index (χ4v) is 2.27. The van der Waals surface area contributed by atoms with E-state index in [1.54, 1.807) is 0 Å². The fourth-order valence-electron chi connectivity index (χ4n) is 0.775. The molecule has 9 heavy (non-hydrogen) atoms. The Labute approximate surface area is 72.8 Å². The maximum Gasteiger partial charge on any atom is 0.114 e. The largest absolute Gasteiger partial charge is 0.380 e. The summed E-state index contributed by atoms with van der Waals surface area (Å²) in [6.07, 6.45) is 0. The van der Waals surface area contributed by atoms with E-state index < -0.39 is 0 Å². The molecule has 0 bridgehead atoms. The van der Waals surface area contributed by atoms with Gasteiger partial charge in [-0.25, -0.2) is 0 Å². The molecular formula is C5H7BrCl2O. The van der Waals surface area contributed by atoms with Gasteiger partial charge in [0.1, 0.15) is 4.84 Å². The van der Waals surface area contributed by atoms with Crippen LogP contribution in [0.3, 0.4) is 0 Å². The first kappa shape index (κ1) is 8.12. The van der Waals surface area contributed by atoms with Crippen LogP contribution >= 0.6 is 39.1 Å². The Morgan fingerprint density at radius 3 is 2.33 bits per heavy atom. The second-order valence-electron chi connectivity index (χ2n) is 2.05. The molecule has 0 spiro atoms. The number of alkyl halides is 3. The first-order valence-electron chi connectivity index (χ1n) is 2.72. The van der Waals surface area contributed by atoms with Gasteiger partial charge in [0, 0.05) is 10.7 Å². The van der Waals surface area contributed by atoms with E-state index in [4.69, 9.17) is 27.9 Å². The van der Waals surface area contributed by atoms with Crippen LogP contribution in [0.2, 0.25) is 0 Å². The van der Waals surface area contributed by atoms with E-state index in [-0.39, 0.29) is 10.8 Å². The van der Waals surface area contributed by atoms with E-state index in [1.165, 1.54) is 0 Å². The van der Waals surface area contributed by atoms with E-state index in [9.17, 15) is 0 Å². The van der Waals surface area contributed by atoms with Gasteiger partial charge >= 0.3 is 0 Å². The molecule has 0 aliphatic carbocycles. The Balaban J connectivity index is 2.40. The summed E-state index contributed by atoms with van der Waals surface area (Å²) in [7, 11) is 0. The maximum absolute atomic E-state index is 5.63. The van der Waals surface area contributed by atoms with Gasteiger partial charge in [0.25, 0.3) is 0 Å². The fraction of sp³-hybridized carbons (Fsp3) is 1.00. The highest BCUT2D eigenvalue weighted by atomic mass is 79.9. The molecule has 0 aromatic rings. The van der Waals surface area contributed by atoms with Crippen LogP contribution in [0.15, 0.2) is 0 Å². The summed E-state index contributed by atoms with van der Waals surface area (Å²) in [5.41, 5.74) is 0. The van der Waals surface area contributed by atoms with Gasteiger partial charge in [0.15, 0.2) is 0 Å². The van der Waals surface area contributed by atoms with Gasteiger partial charge in [-0.1, -0.05) is 15.9 Å². The second kappa shape index (κ2) is 3.42. The van der Waals surface area contributed by atoms with Crippen molar-refractivity contribution in [1.82, 2.24) is 0 Å². The second-order valence-corrected chi connectivity index (χ2v) is 4.39. The molecule has 0 amide bonds. The Bertz CT molecular complexity index is 99.0. The number of rotatable bonds is 1. The molecule has 0 radical (unpaired) electrons. The molecule has 0 saturated carbocycles. The van der Waals surface area contributed by atoms with E-state index in [1.807, 2.05) is 0 Å². The average Bonchev–Trinajstić information content (AvgIpc) is 2.13. The van der Waals surface area contributed by atoms with Crippen LogP contribution < -0.4 is 0 Å². The quantitative estimate of drug-likeness (QED) is 0.632. The van der Waals surface area contributed by atoms with Crippen molar-refractivity contribution in [3.8, 4) is 0 Å². The molecule has 2 unspecified atom stereocenters. The van der Waals surface area contributed by atoms with Crippen molar-refractivity contribution < 1.29 is 4.74 Å². The van der Waals surface area contributed by atoms with Gasteiger partial charge in [0.2, 0.25) is 0 Å². The molecule has 1 rings (SSSR count). The maximum atomic E-state index is 5.63. The Hall–Kier alpha value is 1.02. The number of halogens is 3. The van der Waals surface area contributed by atoms with Gasteiger partial charge in [-0.05, 0) is 0 Å². The lowest BCUT2D eigenvalue weighted by molar-refractivity contribution is 0.188. The van der Waals surface area contributed by atoms with E-state index >= 15 is 0 Å². The summed E-state index contributed by atoms with van der Waals surface area (Å²) in [6, 6.07) is 0. The zero-order valence-electron chi connectivity index (χ0n) is 4.69. The molecule has 1 aliphatic heterocycles. The third kappa shape index (κ3) is 1.97. The summed E-state index contributed by atoms with van der Waals surface area (Å²) in [5.74, 6) is 0.258. The lowest BCUT2D eigenvalue weighted by atomic mass is 10.1. The predicted molar refractivity (Wildman–Crippen MR) is 42.5 cm³/mol. The summed E-state index contributed by atoms with van der Waals surface area (Å²) >= 11 is 14.7. The third-order valence-corrected chi connectivity index (χ3v) is 2.97. The van der Waals surface area contributed by atoms with Crippen molar-refractivity contribution in [1.29, 1.82) is 0 Å². The Morgan fingerprint density at radius 1 is 1.44 bits per heavy atom. The standard InChI is InChI=1S/C5H7BrCl2O/c6-4-2-9-1-3(4)5(7)8/h3-5H,1-2H2. The van der Waals surface area contributed by atoms with Crippen LogP contribution in [0.4, 0.5) is 0 Å². The summed E-state index contributed by atoms with van der Waals surface area (Å²) < 4.78 is 5.11. The number of hydrogen-bond acceptors (Lipinski definition) is 1. The van der Waals surface area contributed by atoms with Crippen molar-refractivity contribution in [3.63, 3.8) is 0 Å². The van der Waals surface area contributed by atoms with Crippen molar-refractivity contribution in [3.05, 3.63) is 0 Å². The Kier molecular flexibility index (Phi) is 3.09. The topological polar surface area (TPSA) is 9.23 Å². The van der Waals surface area contributed by atoms with E-state index in [0.29, 0.717) is 11.4 Å². The summed E-state index contributed by atoms with van der Waals surface area (Å²) in [5, 5.41) is 0. The lowest BCUT2D eigenvalue weighted by Gasteiger charge is -2.10. The monoisotopic (exact) mass is 232 g/mol. The van der Waals surface area contributed by atoms with Crippen molar-refractivity contribution in [2.24, 2.45) is 5.92 Å². The van der Waals surface area contributed by atoms with Crippen LogP contribution in [0.25, 0.3) is 0 Å². The first-order chi connectivity index (χ1) is 4.22. The highest BCUT2D eigenvalue weighted by Gasteiger charge is 2.30. The van der Waals surface area contributed by atoms with Gasteiger partial charge in [-0.2, -0.15) is 0 Å². The molecule has 54 valence electrons. The molecule has 0 aromatic heterocycles. The molecule has 4 heteroatoms. The zero-order chi connectivity index (χ0) is 6.85. The zero-order valence-corrected chi connectivity index (χ0v) is 7.79. The molecule has 1 nitrogen and oxygen atoms in total. The molecular weight excluding hydrogens is 227 g/mol. The molecule has 1 saturated heterocycles. The lowest BCUT2D eigenvalue weighted by Crippen LogP contribution is -2.18. The SMILES string of the molecule is ClC(Cl)C1COCC1Br. The first-order valence-corrected chi connectivity index (χ1v) is 4.50. The normalized spacial score (nSPS) is 36.0. The number of ether oxygens (including phenoxy) is 1. The van der Waals surface area contributed by atoms with E-state index in [0.717, 1.165) is 6.61 Å². The Morgan fingerprint density at radius 2 is 2.11 bits per heavy atom. The minimum atomic E-state index is -0.308. The minimum Gasteiger partial charge on any atom is -0.380 e. The average molecular weight is 234 g/mol. The highest BCUT2D eigenvalue weighted by Crippen LogP contribution is 2.28. The van der Waals surface area contributed by atoms with Crippen molar-refractivity contribution in [2.45, 2.75) is 9.66 Å². The molecule has 1 aliphatic rings. The smallest absolute Gasteiger partial charge is 0.114 e. The number of hydrogen-bond donors (Lipinski definition) is 0. The van der Waals surface area contributed by atoms with Crippen LogP contribution in [-0.4, -0.2) is 22.9 Å². The van der Waals surface area contributed by atoms with E-state index in [2.05, 4.69) is 15.9 Å². The molecule has 1 heterocycles. The summed E-state index contributed by atoms with van der Waals surface area (Å²) in [4.78, 5) is 0.0226. The highest BCUT2D eigenvalue weighted by molar-refractivity contribution is 9.09. The van der Waals surface area contributed by atoms with Gasteiger partial charge < -0.3 is 4.74 Å². The minimum absolute atomic E-state index is 0.258. The van der Waals surface area contributed by atoms with Gasteiger partial charge in [0.05, 0.1) is 13.2 Å². The van der Waals surface area contributed by atoms with Gasteiger partial charge in [-0.3, -0.25) is 0 Å². The van der Waals surface area contributed by atoms with Crippen LogP contribution in [0, 0.1) is 5.92 Å². The predicted octanol–water partition coefficient (Wildman–Crippen LogP) is 2.20.